The number of piperidine rings is 1. The lowest BCUT2D eigenvalue weighted by molar-refractivity contribution is -0.126. The molecule has 24 heavy (non-hydrogen) atoms. The second-order valence-electron chi connectivity index (χ2n) is 6.96. The van der Waals surface area contributed by atoms with Crippen LogP contribution in [0.15, 0.2) is 0 Å². The molecular weight excluding hydrogens is 308 g/mol. The maximum Gasteiger partial charge on any atom is 0.274 e. The molecule has 1 unspecified atom stereocenters. The fraction of sp³-hybridized carbons (Fsp3) is 0.706. The molecule has 7 nitrogen and oxygen atoms in total. The van der Waals surface area contributed by atoms with E-state index in [1.54, 1.807) is 9.58 Å². The molecule has 1 aromatic rings. The van der Waals surface area contributed by atoms with Gasteiger partial charge in [-0.2, -0.15) is 5.10 Å². The van der Waals surface area contributed by atoms with Crippen molar-refractivity contribution in [2.45, 2.75) is 52.6 Å². The molecule has 1 aromatic heterocycles. The molecule has 0 aromatic carbocycles. The lowest BCUT2D eigenvalue weighted by atomic mass is 9.96. The summed E-state index contributed by atoms with van der Waals surface area (Å²) in [4.78, 5) is 26.9. The van der Waals surface area contributed by atoms with E-state index >= 15 is 0 Å². The van der Waals surface area contributed by atoms with Crippen LogP contribution in [0.25, 0.3) is 0 Å². The van der Waals surface area contributed by atoms with Gasteiger partial charge in [0.2, 0.25) is 11.8 Å². The highest BCUT2D eigenvalue weighted by Gasteiger charge is 2.32. The molecule has 0 radical (unpaired) electrons. The topological polar surface area (TPSA) is 76.5 Å². The number of aryl methyl sites for hydroxylation is 1. The number of aromatic nitrogens is 2. The SMILES string of the molecule is Cc1c(C(=O)N2CCCC(C(=O)NC(C)C)C2)nn2c1OCCC2. The van der Waals surface area contributed by atoms with Gasteiger partial charge in [-0.05, 0) is 33.6 Å². The first kappa shape index (κ1) is 16.8. The number of amides is 2. The second kappa shape index (κ2) is 6.83. The lowest BCUT2D eigenvalue weighted by Gasteiger charge is -2.32. The van der Waals surface area contributed by atoms with Crippen molar-refractivity contribution < 1.29 is 14.3 Å². The van der Waals surface area contributed by atoms with E-state index < -0.39 is 0 Å². The Bertz CT molecular complexity index is 638. The maximum atomic E-state index is 12.9. The summed E-state index contributed by atoms with van der Waals surface area (Å²) in [7, 11) is 0. The van der Waals surface area contributed by atoms with Crippen molar-refractivity contribution in [1.82, 2.24) is 20.0 Å². The van der Waals surface area contributed by atoms with Gasteiger partial charge in [-0.15, -0.1) is 0 Å². The van der Waals surface area contributed by atoms with E-state index in [4.69, 9.17) is 4.74 Å². The number of carbonyl (C=O) groups is 2. The van der Waals surface area contributed by atoms with Gasteiger partial charge in [-0.3, -0.25) is 9.59 Å². The fourth-order valence-electron chi connectivity index (χ4n) is 3.38. The molecule has 132 valence electrons. The number of likely N-dealkylation sites (tertiary alicyclic amines) is 1. The van der Waals surface area contributed by atoms with E-state index in [0.29, 0.717) is 31.3 Å². The van der Waals surface area contributed by atoms with Crippen molar-refractivity contribution in [3.05, 3.63) is 11.3 Å². The number of hydrogen-bond acceptors (Lipinski definition) is 4. The zero-order valence-electron chi connectivity index (χ0n) is 14.7. The Hall–Kier alpha value is -2.05. The molecule has 0 saturated carbocycles. The minimum Gasteiger partial charge on any atom is -0.478 e. The first-order valence-electron chi connectivity index (χ1n) is 8.77. The van der Waals surface area contributed by atoms with Gasteiger partial charge in [0.15, 0.2) is 5.69 Å². The quantitative estimate of drug-likeness (QED) is 0.905. The third kappa shape index (κ3) is 3.25. The van der Waals surface area contributed by atoms with Crippen molar-refractivity contribution in [3.8, 4) is 5.88 Å². The van der Waals surface area contributed by atoms with Crippen LogP contribution in [0.4, 0.5) is 0 Å². The fourth-order valence-corrected chi connectivity index (χ4v) is 3.38. The van der Waals surface area contributed by atoms with E-state index in [1.807, 2.05) is 20.8 Å². The highest BCUT2D eigenvalue weighted by molar-refractivity contribution is 5.94. The van der Waals surface area contributed by atoms with Gasteiger partial charge < -0.3 is 15.0 Å². The molecule has 1 saturated heterocycles. The molecule has 3 rings (SSSR count). The van der Waals surface area contributed by atoms with Gasteiger partial charge in [0, 0.05) is 37.7 Å². The smallest absolute Gasteiger partial charge is 0.274 e. The Morgan fingerprint density at radius 1 is 1.29 bits per heavy atom. The van der Waals surface area contributed by atoms with Crippen LogP contribution in [0, 0.1) is 12.8 Å². The summed E-state index contributed by atoms with van der Waals surface area (Å²) < 4.78 is 7.42. The van der Waals surface area contributed by atoms with Crippen LogP contribution < -0.4 is 10.1 Å². The number of ether oxygens (including phenoxy) is 1. The Labute approximate surface area is 142 Å². The first-order chi connectivity index (χ1) is 11.5. The molecule has 1 fully saturated rings. The molecule has 1 atom stereocenters. The van der Waals surface area contributed by atoms with Crippen molar-refractivity contribution in [2.24, 2.45) is 5.92 Å². The standard InChI is InChI=1S/C17H26N4O3/c1-11(2)18-15(22)13-6-4-7-20(10-13)16(23)14-12(3)17-21(19-14)8-5-9-24-17/h11,13H,4-10H2,1-3H3,(H,18,22). The second-order valence-corrected chi connectivity index (χ2v) is 6.96. The number of hydrogen-bond donors (Lipinski definition) is 1. The molecule has 2 aliphatic heterocycles. The average molecular weight is 334 g/mol. The zero-order chi connectivity index (χ0) is 17.3. The van der Waals surface area contributed by atoms with Gasteiger partial charge in [0.05, 0.1) is 12.5 Å². The molecule has 1 N–H and O–H groups in total. The van der Waals surface area contributed by atoms with Gasteiger partial charge in [0.25, 0.3) is 5.91 Å². The van der Waals surface area contributed by atoms with E-state index in [9.17, 15) is 9.59 Å². The number of rotatable bonds is 3. The summed E-state index contributed by atoms with van der Waals surface area (Å²) in [6.45, 7) is 8.35. The Morgan fingerprint density at radius 3 is 2.79 bits per heavy atom. The van der Waals surface area contributed by atoms with E-state index in [0.717, 1.165) is 31.4 Å². The maximum absolute atomic E-state index is 12.9. The molecule has 7 heteroatoms. The average Bonchev–Trinajstić information content (AvgIpc) is 2.91. The first-order valence-corrected chi connectivity index (χ1v) is 8.77. The summed E-state index contributed by atoms with van der Waals surface area (Å²) in [5, 5.41) is 7.39. The molecule has 2 amide bonds. The normalized spacial score (nSPS) is 20.5. The van der Waals surface area contributed by atoms with Gasteiger partial charge >= 0.3 is 0 Å². The Balaban J connectivity index is 1.73. The molecule has 3 heterocycles. The largest absolute Gasteiger partial charge is 0.478 e. The summed E-state index contributed by atoms with van der Waals surface area (Å²) in [5.41, 5.74) is 1.25. The summed E-state index contributed by atoms with van der Waals surface area (Å²) >= 11 is 0. The molecule has 0 spiro atoms. The van der Waals surface area contributed by atoms with Crippen LogP contribution in [0.1, 0.15) is 49.2 Å². The molecular formula is C17H26N4O3. The summed E-state index contributed by atoms with van der Waals surface area (Å²) in [5.74, 6) is 0.501. The minimum absolute atomic E-state index is 0.0340. The number of nitrogens with zero attached hydrogens (tertiary/aromatic N) is 3. The highest BCUT2D eigenvalue weighted by atomic mass is 16.5. The van der Waals surface area contributed by atoms with Gasteiger partial charge in [-0.25, -0.2) is 4.68 Å². The summed E-state index contributed by atoms with van der Waals surface area (Å²) in [6, 6.07) is 0.114. The highest BCUT2D eigenvalue weighted by Crippen LogP contribution is 2.27. The predicted octanol–water partition coefficient (Wildman–Crippen LogP) is 1.35. The molecule has 2 aliphatic rings. The minimum atomic E-state index is -0.140. The monoisotopic (exact) mass is 334 g/mol. The predicted molar refractivity (Wildman–Crippen MR) is 89.0 cm³/mol. The summed E-state index contributed by atoms with van der Waals surface area (Å²) in [6.07, 6.45) is 2.57. The van der Waals surface area contributed by atoms with E-state index in [1.165, 1.54) is 0 Å². The van der Waals surface area contributed by atoms with Crippen molar-refractivity contribution >= 4 is 11.8 Å². The van der Waals surface area contributed by atoms with Crippen LogP contribution in [0.2, 0.25) is 0 Å². The molecule has 0 aliphatic carbocycles. The van der Waals surface area contributed by atoms with Crippen molar-refractivity contribution in [3.63, 3.8) is 0 Å². The third-order valence-electron chi connectivity index (χ3n) is 4.60. The third-order valence-corrected chi connectivity index (χ3v) is 4.60. The number of fused-ring (bicyclic) bond motifs is 1. The van der Waals surface area contributed by atoms with Crippen LogP contribution in [0.5, 0.6) is 5.88 Å². The Morgan fingerprint density at radius 2 is 2.08 bits per heavy atom. The lowest BCUT2D eigenvalue weighted by Crippen LogP contribution is -2.46. The van der Waals surface area contributed by atoms with Crippen molar-refractivity contribution in [1.29, 1.82) is 0 Å². The van der Waals surface area contributed by atoms with Gasteiger partial charge in [0.1, 0.15) is 0 Å². The Kier molecular flexibility index (Phi) is 4.78. The van der Waals surface area contributed by atoms with Crippen LogP contribution in [0.3, 0.4) is 0 Å². The van der Waals surface area contributed by atoms with Gasteiger partial charge in [-0.1, -0.05) is 0 Å². The number of carbonyl (C=O) groups excluding carboxylic acids is 2. The van der Waals surface area contributed by atoms with E-state index in [-0.39, 0.29) is 23.8 Å². The van der Waals surface area contributed by atoms with E-state index in [2.05, 4.69) is 10.4 Å². The molecule has 0 bridgehead atoms. The van der Waals surface area contributed by atoms with Crippen LogP contribution in [-0.2, 0) is 11.3 Å². The van der Waals surface area contributed by atoms with Crippen LogP contribution >= 0.6 is 0 Å². The van der Waals surface area contributed by atoms with Crippen molar-refractivity contribution in [2.75, 3.05) is 19.7 Å². The van der Waals surface area contributed by atoms with Crippen LogP contribution in [-0.4, -0.2) is 52.2 Å². The zero-order valence-corrected chi connectivity index (χ0v) is 14.7. The number of nitrogens with one attached hydrogen (secondary N) is 1.